The zero-order chi connectivity index (χ0) is 47.2. The molecule has 350 valence electrons. The van der Waals surface area contributed by atoms with Crippen molar-refractivity contribution in [3.63, 3.8) is 0 Å². The molecule has 14 N–H and O–H groups in total. The van der Waals surface area contributed by atoms with Crippen molar-refractivity contribution in [1.29, 1.82) is 0 Å². The van der Waals surface area contributed by atoms with Crippen molar-refractivity contribution in [3.05, 3.63) is 65.9 Å². The Morgan fingerprint density at radius 1 is 0.766 bits per heavy atom. The molecular formula is C45H66N10O9. The van der Waals surface area contributed by atoms with E-state index < -0.39 is 95.7 Å². The summed E-state index contributed by atoms with van der Waals surface area (Å²) >= 11 is 0. The van der Waals surface area contributed by atoms with Crippen LogP contribution in [0.5, 0.6) is 5.75 Å². The molecule has 1 saturated heterocycles. The van der Waals surface area contributed by atoms with Gasteiger partial charge in [0.25, 0.3) is 0 Å². The average molecular weight is 891 g/mol. The second-order valence-corrected chi connectivity index (χ2v) is 17.2. The minimum absolute atomic E-state index is 0.00387. The predicted octanol–water partition coefficient (Wildman–Crippen LogP) is -0.292. The van der Waals surface area contributed by atoms with Crippen molar-refractivity contribution in [2.24, 2.45) is 29.0 Å². The van der Waals surface area contributed by atoms with Gasteiger partial charge in [-0.15, -0.1) is 0 Å². The van der Waals surface area contributed by atoms with Crippen LogP contribution in [0.2, 0.25) is 0 Å². The number of aromatic amines is 1. The number of rotatable bonds is 23. The Bertz CT molecular complexity index is 2090. The van der Waals surface area contributed by atoms with Crippen LogP contribution in [0.25, 0.3) is 10.9 Å². The van der Waals surface area contributed by atoms with Gasteiger partial charge in [0.2, 0.25) is 41.4 Å². The maximum atomic E-state index is 14.6. The van der Waals surface area contributed by atoms with E-state index in [4.69, 9.17) is 17.2 Å². The van der Waals surface area contributed by atoms with E-state index in [2.05, 4.69) is 31.6 Å². The molecule has 1 fully saturated rings. The van der Waals surface area contributed by atoms with E-state index in [0.717, 1.165) is 10.9 Å². The van der Waals surface area contributed by atoms with Crippen molar-refractivity contribution < 1.29 is 43.8 Å². The zero-order valence-corrected chi connectivity index (χ0v) is 37.3. The van der Waals surface area contributed by atoms with Gasteiger partial charge in [0.05, 0.1) is 12.1 Å². The number of phenolic OH excluding ortho intramolecular Hbond substituents is 1. The van der Waals surface area contributed by atoms with Crippen LogP contribution in [0.1, 0.15) is 77.8 Å². The maximum absolute atomic E-state index is 14.6. The molecule has 0 radical (unpaired) electrons. The number of aliphatic hydroxyl groups is 1. The number of phenols is 1. The molecule has 8 atom stereocenters. The number of primary amides is 1. The number of carbonyl (C=O) groups excluding carboxylic acids is 7. The number of aromatic nitrogens is 1. The van der Waals surface area contributed by atoms with Crippen molar-refractivity contribution in [3.8, 4) is 5.75 Å². The molecule has 7 amide bonds. The summed E-state index contributed by atoms with van der Waals surface area (Å²) in [6.45, 7) is 8.84. The minimum Gasteiger partial charge on any atom is -0.508 e. The molecule has 1 aromatic heterocycles. The van der Waals surface area contributed by atoms with Crippen LogP contribution in [0.15, 0.2) is 54.7 Å². The zero-order valence-electron chi connectivity index (χ0n) is 37.3. The van der Waals surface area contributed by atoms with Gasteiger partial charge < -0.3 is 63.9 Å². The number of para-hydroxylation sites is 1. The van der Waals surface area contributed by atoms with Crippen molar-refractivity contribution in [2.45, 2.75) is 128 Å². The van der Waals surface area contributed by atoms with Gasteiger partial charge in [-0.2, -0.15) is 0 Å². The highest BCUT2D eigenvalue weighted by atomic mass is 16.3. The topological polar surface area (TPSA) is 317 Å². The molecule has 2 heterocycles. The second kappa shape index (κ2) is 23.6. The fraction of sp³-hybridized carbons (Fsp3) is 0.533. The molecule has 0 bridgehead atoms. The molecule has 0 saturated carbocycles. The van der Waals surface area contributed by atoms with E-state index in [1.807, 2.05) is 24.3 Å². The molecule has 1 aliphatic heterocycles. The van der Waals surface area contributed by atoms with E-state index in [1.54, 1.807) is 46.0 Å². The maximum Gasteiger partial charge on any atom is 0.246 e. The number of aromatic hydroxyl groups is 1. The Kier molecular flexibility index (Phi) is 18.6. The number of hydrogen-bond acceptors (Lipinski definition) is 11. The molecule has 1 aliphatic rings. The van der Waals surface area contributed by atoms with Gasteiger partial charge in [-0.3, -0.25) is 33.6 Å². The summed E-state index contributed by atoms with van der Waals surface area (Å²) in [5, 5.41) is 34.8. The third-order valence-corrected chi connectivity index (χ3v) is 11.5. The van der Waals surface area contributed by atoms with Crippen molar-refractivity contribution in [2.75, 3.05) is 13.1 Å². The van der Waals surface area contributed by atoms with Gasteiger partial charge in [0, 0.05) is 36.5 Å². The van der Waals surface area contributed by atoms with Crippen molar-refractivity contribution in [1.82, 2.24) is 36.5 Å². The number of nitrogens with two attached hydrogens (primary N) is 3. The van der Waals surface area contributed by atoms with Crippen molar-refractivity contribution >= 4 is 52.3 Å². The predicted molar refractivity (Wildman–Crippen MR) is 240 cm³/mol. The summed E-state index contributed by atoms with van der Waals surface area (Å²) in [4.78, 5) is 100. The summed E-state index contributed by atoms with van der Waals surface area (Å²) in [6, 6.07) is 5.19. The molecule has 19 heteroatoms. The summed E-state index contributed by atoms with van der Waals surface area (Å²) in [5.74, 6) is -5.54. The Morgan fingerprint density at radius 3 is 2.03 bits per heavy atom. The smallest absolute Gasteiger partial charge is 0.246 e. The van der Waals surface area contributed by atoms with E-state index >= 15 is 0 Å². The number of hydrogen-bond donors (Lipinski definition) is 11. The number of carbonyl (C=O) groups is 7. The Labute approximate surface area is 373 Å². The Hall–Kier alpha value is -6.05. The van der Waals surface area contributed by atoms with E-state index in [9.17, 15) is 43.8 Å². The first-order valence-electron chi connectivity index (χ1n) is 21.9. The highest BCUT2D eigenvalue weighted by molar-refractivity contribution is 5.98. The lowest BCUT2D eigenvalue weighted by molar-refractivity contribution is -0.142. The van der Waals surface area contributed by atoms with Crippen LogP contribution in [0, 0.1) is 11.8 Å². The standard InChI is InChI=1S/C45H66N10O9/c1-24(2)36(47)42(61)53-37(25(3)4)43(62)52-34(21-27-15-17-29(57)18-16-27)45(64)55-20-10-14-35(55)41(60)51-33(22-28-23-49-31-12-7-6-11-30(28)31)40(59)54-38(26(5)56)44(63)50-32(39(48)58)13-8-9-19-46/h6-7,11-12,15-18,23-26,32-38,49,56-57H,8-10,13-14,19-22,46-47H2,1-5H3,(H2,48,58)(H,50,63)(H,51,60)(H,52,62)(H,53,61)(H,54,59)/t26-,32-,33+,34+,35+,36+,37+,38+/m1/s1. The number of unbranched alkanes of at least 4 members (excludes halogenated alkanes) is 1. The average Bonchev–Trinajstić information content (AvgIpc) is 3.91. The summed E-state index contributed by atoms with van der Waals surface area (Å²) in [7, 11) is 0. The second-order valence-electron chi connectivity index (χ2n) is 17.2. The molecule has 4 rings (SSSR count). The third kappa shape index (κ3) is 13.7. The van der Waals surface area contributed by atoms with E-state index in [0.29, 0.717) is 36.9 Å². The van der Waals surface area contributed by atoms with Gasteiger partial charge >= 0.3 is 0 Å². The van der Waals surface area contributed by atoms with Crippen LogP contribution < -0.4 is 43.8 Å². The lowest BCUT2D eigenvalue weighted by Crippen LogP contribution is -2.61. The van der Waals surface area contributed by atoms with E-state index in [1.165, 1.54) is 24.0 Å². The van der Waals surface area contributed by atoms with Crippen LogP contribution in [-0.2, 0) is 46.4 Å². The largest absolute Gasteiger partial charge is 0.508 e. The SMILES string of the molecule is CC(C)[C@H](N)C(=O)N[C@H](C(=O)N[C@@H](Cc1ccc(O)cc1)C(=O)N1CCC[C@H]1C(=O)N[C@@H](Cc1c[nH]c2ccccc12)C(=O)N[C@H](C(=O)N[C@H](CCCCN)C(N)=O)[C@@H](C)O)C(C)C. The molecule has 64 heavy (non-hydrogen) atoms. The van der Waals surface area contributed by atoms with Crippen LogP contribution in [0.4, 0.5) is 0 Å². The number of nitrogens with one attached hydrogen (secondary N) is 6. The van der Waals surface area contributed by atoms with Gasteiger partial charge in [0.1, 0.15) is 42.0 Å². The number of benzene rings is 2. The van der Waals surface area contributed by atoms with Gasteiger partial charge in [-0.1, -0.05) is 58.0 Å². The van der Waals surface area contributed by atoms with Gasteiger partial charge in [-0.25, -0.2) is 0 Å². The fourth-order valence-corrected chi connectivity index (χ4v) is 7.62. The minimum atomic E-state index is -1.55. The number of likely N-dealkylation sites (tertiary alicyclic amines) is 1. The van der Waals surface area contributed by atoms with Crippen LogP contribution in [-0.4, -0.2) is 123 Å². The molecular weight excluding hydrogens is 825 g/mol. The molecule has 3 aromatic rings. The summed E-state index contributed by atoms with van der Waals surface area (Å²) in [5.41, 5.74) is 19.2. The first kappa shape index (κ1) is 50.6. The van der Waals surface area contributed by atoms with Crippen LogP contribution >= 0.6 is 0 Å². The highest BCUT2D eigenvalue weighted by Crippen LogP contribution is 2.23. The Balaban J connectivity index is 1.62. The monoisotopic (exact) mass is 891 g/mol. The first-order chi connectivity index (χ1) is 30.3. The molecule has 0 unspecified atom stereocenters. The Morgan fingerprint density at radius 2 is 1.41 bits per heavy atom. The fourth-order valence-electron chi connectivity index (χ4n) is 7.62. The summed E-state index contributed by atoms with van der Waals surface area (Å²) in [6.07, 6.45) is 2.05. The number of fused-ring (bicyclic) bond motifs is 1. The van der Waals surface area contributed by atoms with Crippen LogP contribution in [0.3, 0.4) is 0 Å². The number of aliphatic hydroxyl groups excluding tert-OH is 1. The normalized spacial score (nSPS) is 17.2. The highest BCUT2D eigenvalue weighted by Gasteiger charge is 2.41. The van der Waals surface area contributed by atoms with Gasteiger partial charge in [-0.05, 0) is 86.7 Å². The molecule has 2 aromatic carbocycles. The van der Waals surface area contributed by atoms with Gasteiger partial charge in [0.15, 0.2) is 0 Å². The lowest BCUT2D eigenvalue weighted by Gasteiger charge is -2.32. The quantitative estimate of drug-likeness (QED) is 0.0550. The number of nitrogens with zero attached hydrogens (tertiary/aromatic N) is 1. The lowest BCUT2D eigenvalue weighted by atomic mass is 9.98. The molecule has 0 aliphatic carbocycles. The number of amides is 7. The third-order valence-electron chi connectivity index (χ3n) is 11.5. The number of H-pyrrole nitrogens is 1. The molecule has 19 nitrogen and oxygen atoms in total. The first-order valence-corrected chi connectivity index (χ1v) is 21.9. The van der Waals surface area contributed by atoms with E-state index in [-0.39, 0.29) is 43.9 Å². The summed E-state index contributed by atoms with van der Waals surface area (Å²) < 4.78 is 0. The molecule has 0 spiro atoms.